The minimum absolute atomic E-state index is 0.0178. The van der Waals surface area contributed by atoms with Gasteiger partial charge in [-0.1, -0.05) is 0 Å². The first-order valence-electron chi connectivity index (χ1n) is 12.1. The van der Waals surface area contributed by atoms with E-state index in [1.165, 1.54) is 30.3 Å². The molecular weight excluding hydrogens is 536 g/mol. The van der Waals surface area contributed by atoms with Gasteiger partial charge in [-0.15, -0.1) is 0 Å². The molecular formula is C26H30O14. The lowest BCUT2D eigenvalue weighted by atomic mass is 9.98. The number of phenolic OH excluding ortho intramolecular Hbond substituents is 3. The summed E-state index contributed by atoms with van der Waals surface area (Å²) < 4.78 is 22.0. The molecule has 0 aromatic heterocycles. The maximum Gasteiger partial charge on any atom is 0.229 e. The number of rotatable bonds is 9. The van der Waals surface area contributed by atoms with Gasteiger partial charge in [0.2, 0.25) is 6.29 Å². The van der Waals surface area contributed by atoms with Crippen LogP contribution in [0.5, 0.6) is 23.0 Å². The van der Waals surface area contributed by atoms with Gasteiger partial charge in [0.05, 0.1) is 25.4 Å². The SMILES string of the molecule is O=C(/C=C/c1ccc(O[C@@H]2O[C@H](CO)[C@@H](O)[C@H](O)[C@H]2O[C@@H]2OC[C@](O)(CO)[C@H]2O)cc1O)c1ccc(O)cc1O. The standard InChI is InChI=1S/C26H30O14/c27-9-19-20(33)21(34)22(40-25-23(35)26(36,10-28)11-37-25)24(39-19)38-14-4-1-12(17(31)8-14)2-6-16(30)15-5-3-13(29)7-18(15)32/h1-8,19-25,27-29,31-36H,9-11H2/b6-2+/t19-,20-,21+,22-,23+,24-,25+,26-/m1/s1. The summed E-state index contributed by atoms with van der Waals surface area (Å²) in [5.41, 5.74) is -1.90. The largest absolute Gasteiger partial charge is 0.508 e. The molecule has 4 rings (SSSR count). The number of benzene rings is 2. The smallest absolute Gasteiger partial charge is 0.229 e. The lowest BCUT2D eigenvalue weighted by molar-refractivity contribution is -0.318. The van der Waals surface area contributed by atoms with Crippen LogP contribution in [0.2, 0.25) is 0 Å². The molecule has 0 spiro atoms. The van der Waals surface area contributed by atoms with Gasteiger partial charge in [-0.2, -0.15) is 0 Å². The van der Waals surface area contributed by atoms with Crippen LogP contribution in [0.15, 0.2) is 42.5 Å². The Morgan fingerprint density at radius 1 is 1.00 bits per heavy atom. The molecule has 2 aromatic rings. The van der Waals surface area contributed by atoms with Crippen molar-refractivity contribution in [3.05, 3.63) is 53.6 Å². The fourth-order valence-electron chi connectivity index (χ4n) is 4.22. The predicted molar refractivity (Wildman–Crippen MR) is 132 cm³/mol. The molecule has 2 aliphatic heterocycles. The van der Waals surface area contributed by atoms with Gasteiger partial charge in [0.1, 0.15) is 53.0 Å². The van der Waals surface area contributed by atoms with Crippen LogP contribution >= 0.6 is 0 Å². The number of aliphatic hydroxyl groups excluding tert-OH is 5. The van der Waals surface area contributed by atoms with Crippen LogP contribution in [0.25, 0.3) is 6.08 Å². The topological polar surface area (TPSA) is 236 Å². The van der Waals surface area contributed by atoms with Crippen molar-refractivity contribution < 1.29 is 69.7 Å². The molecule has 0 bridgehead atoms. The van der Waals surface area contributed by atoms with Crippen molar-refractivity contribution >= 4 is 11.9 Å². The average molecular weight is 567 g/mol. The molecule has 0 aliphatic carbocycles. The molecule has 218 valence electrons. The summed E-state index contributed by atoms with van der Waals surface area (Å²) in [7, 11) is 0. The van der Waals surface area contributed by atoms with Gasteiger partial charge in [0.15, 0.2) is 18.2 Å². The fourth-order valence-corrected chi connectivity index (χ4v) is 4.22. The molecule has 2 fully saturated rings. The zero-order chi connectivity index (χ0) is 29.2. The van der Waals surface area contributed by atoms with Crippen LogP contribution in [0.1, 0.15) is 15.9 Å². The molecule has 0 amide bonds. The van der Waals surface area contributed by atoms with E-state index in [1.807, 2.05) is 0 Å². The summed E-state index contributed by atoms with van der Waals surface area (Å²) in [5.74, 6) is -1.59. The van der Waals surface area contributed by atoms with Crippen LogP contribution < -0.4 is 4.74 Å². The predicted octanol–water partition coefficient (Wildman–Crippen LogP) is -1.66. The third kappa shape index (κ3) is 6.05. The second-order valence-electron chi connectivity index (χ2n) is 9.43. The number of carbonyl (C=O) groups is 1. The number of allylic oxidation sites excluding steroid dienone is 1. The van der Waals surface area contributed by atoms with E-state index in [9.17, 15) is 50.8 Å². The van der Waals surface area contributed by atoms with Crippen LogP contribution in [0.3, 0.4) is 0 Å². The van der Waals surface area contributed by atoms with Crippen LogP contribution in [-0.4, -0.2) is 120 Å². The third-order valence-corrected chi connectivity index (χ3v) is 6.61. The van der Waals surface area contributed by atoms with Gasteiger partial charge >= 0.3 is 0 Å². The van der Waals surface area contributed by atoms with Crippen LogP contribution in [-0.2, 0) is 14.2 Å². The Morgan fingerprint density at radius 3 is 2.38 bits per heavy atom. The van der Waals surface area contributed by atoms with Crippen molar-refractivity contribution in [2.75, 3.05) is 19.8 Å². The van der Waals surface area contributed by atoms with Gasteiger partial charge in [-0.05, 0) is 36.4 Å². The van der Waals surface area contributed by atoms with Crippen LogP contribution in [0.4, 0.5) is 0 Å². The van der Waals surface area contributed by atoms with E-state index in [1.54, 1.807) is 0 Å². The summed E-state index contributed by atoms with van der Waals surface area (Å²) in [5, 5.41) is 90.1. The highest BCUT2D eigenvalue weighted by Gasteiger charge is 2.53. The molecule has 2 saturated heterocycles. The van der Waals surface area contributed by atoms with E-state index in [-0.39, 0.29) is 28.4 Å². The van der Waals surface area contributed by atoms with E-state index in [4.69, 9.17) is 18.9 Å². The monoisotopic (exact) mass is 566 g/mol. The lowest BCUT2D eigenvalue weighted by Crippen LogP contribution is -2.62. The van der Waals surface area contributed by atoms with Crippen LogP contribution in [0, 0.1) is 0 Å². The number of aliphatic hydroxyl groups is 6. The van der Waals surface area contributed by atoms with Crippen molar-refractivity contribution in [2.24, 2.45) is 0 Å². The maximum atomic E-state index is 12.4. The zero-order valence-electron chi connectivity index (χ0n) is 20.8. The summed E-state index contributed by atoms with van der Waals surface area (Å²) in [6.07, 6.45) is -8.58. The maximum absolute atomic E-state index is 12.4. The summed E-state index contributed by atoms with van der Waals surface area (Å²) >= 11 is 0. The summed E-state index contributed by atoms with van der Waals surface area (Å²) in [4.78, 5) is 12.4. The normalized spacial score (nSPS) is 32.4. The highest BCUT2D eigenvalue weighted by atomic mass is 16.8. The summed E-state index contributed by atoms with van der Waals surface area (Å²) in [6.45, 7) is -2.02. The van der Waals surface area contributed by atoms with E-state index in [0.717, 1.165) is 18.2 Å². The third-order valence-electron chi connectivity index (χ3n) is 6.61. The Labute approximate surface area is 227 Å². The quantitative estimate of drug-likeness (QED) is 0.122. The molecule has 0 radical (unpaired) electrons. The van der Waals surface area contributed by atoms with E-state index in [2.05, 4.69) is 0 Å². The Bertz CT molecular complexity index is 1230. The second-order valence-corrected chi connectivity index (χ2v) is 9.43. The van der Waals surface area contributed by atoms with Gasteiger partial charge in [-0.25, -0.2) is 0 Å². The number of ketones is 1. The van der Waals surface area contributed by atoms with Gasteiger partial charge < -0.3 is 64.9 Å². The summed E-state index contributed by atoms with van der Waals surface area (Å²) in [6, 6.07) is 7.39. The van der Waals surface area contributed by atoms with Crippen molar-refractivity contribution in [1.82, 2.24) is 0 Å². The van der Waals surface area contributed by atoms with Crippen molar-refractivity contribution in [1.29, 1.82) is 0 Å². The molecule has 0 unspecified atom stereocenters. The van der Waals surface area contributed by atoms with Gasteiger partial charge in [-0.3, -0.25) is 4.79 Å². The molecule has 9 N–H and O–H groups in total. The molecule has 14 heteroatoms. The molecule has 40 heavy (non-hydrogen) atoms. The Kier molecular flexibility index (Phi) is 8.94. The van der Waals surface area contributed by atoms with Crippen molar-refractivity contribution in [3.8, 4) is 23.0 Å². The minimum atomic E-state index is -2.02. The van der Waals surface area contributed by atoms with E-state index in [0.29, 0.717) is 0 Å². The lowest BCUT2D eigenvalue weighted by Gasteiger charge is -2.42. The molecule has 14 nitrogen and oxygen atoms in total. The molecule has 2 heterocycles. The highest BCUT2D eigenvalue weighted by molar-refractivity contribution is 6.08. The number of phenols is 3. The Balaban J connectivity index is 1.50. The fraction of sp³-hybridized carbons (Fsp3) is 0.423. The zero-order valence-corrected chi connectivity index (χ0v) is 20.8. The Morgan fingerprint density at radius 2 is 1.75 bits per heavy atom. The number of carbonyl (C=O) groups excluding carboxylic acids is 1. The van der Waals surface area contributed by atoms with Gasteiger partial charge in [0, 0.05) is 17.7 Å². The molecule has 0 saturated carbocycles. The second kappa shape index (κ2) is 12.1. The molecule has 8 atom stereocenters. The van der Waals surface area contributed by atoms with E-state index >= 15 is 0 Å². The number of aromatic hydroxyl groups is 3. The minimum Gasteiger partial charge on any atom is -0.508 e. The first-order valence-corrected chi connectivity index (χ1v) is 12.1. The first kappa shape index (κ1) is 29.7. The number of ether oxygens (including phenoxy) is 4. The highest BCUT2D eigenvalue weighted by Crippen LogP contribution is 2.33. The molecule has 2 aliphatic rings. The van der Waals surface area contributed by atoms with Gasteiger partial charge in [0.25, 0.3) is 0 Å². The first-order chi connectivity index (χ1) is 19.0. The number of hydrogen-bond donors (Lipinski definition) is 9. The van der Waals surface area contributed by atoms with Crippen molar-refractivity contribution in [2.45, 2.75) is 48.7 Å². The molecule has 2 aromatic carbocycles. The van der Waals surface area contributed by atoms with E-state index < -0.39 is 80.1 Å². The number of hydrogen-bond acceptors (Lipinski definition) is 14. The van der Waals surface area contributed by atoms with Crippen molar-refractivity contribution in [3.63, 3.8) is 0 Å². The Hall–Kier alpha value is -3.31. The average Bonchev–Trinajstić information content (AvgIpc) is 3.21.